The molecule has 0 saturated carbocycles. The summed E-state index contributed by atoms with van der Waals surface area (Å²) < 4.78 is 0.649. The summed E-state index contributed by atoms with van der Waals surface area (Å²) in [7, 11) is 0. The van der Waals surface area contributed by atoms with Gasteiger partial charge in [-0.05, 0) is 49.3 Å². The fourth-order valence-corrected chi connectivity index (χ4v) is 6.34. The van der Waals surface area contributed by atoms with E-state index in [-0.39, 0.29) is 23.4 Å². The van der Waals surface area contributed by atoms with E-state index in [1.807, 2.05) is 17.5 Å². The molecule has 0 bridgehead atoms. The first-order chi connectivity index (χ1) is 17.1. The van der Waals surface area contributed by atoms with E-state index < -0.39 is 0 Å². The Kier molecular flexibility index (Phi) is 5.65. The topological polar surface area (TPSA) is 78.1 Å². The molecule has 7 heteroatoms. The summed E-state index contributed by atoms with van der Waals surface area (Å²) in [4.78, 5) is 35.8. The number of rotatable bonds is 4. The van der Waals surface area contributed by atoms with Gasteiger partial charge in [-0.3, -0.25) is 14.6 Å². The molecular weight excluding hydrogens is 456 g/mol. The van der Waals surface area contributed by atoms with Crippen LogP contribution in [0.25, 0.3) is 21.3 Å². The Bertz CT molecular complexity index is 1470. The van der Waals surface area contributed by atoms with Gasteiger partial charge in [0.25, 0.3) is 5.56 Å². The summed E-state index contributed by atoms with van der Waals surface area (Å²) in [5.41, 5.74) is 6.49. The van der Waals surface area contributed by atoms with Crippen LogP contribution in [0.2, 0.25) is 0 Å². The third-order valence-electron chi connectivity index (χ3n) is 7.36. The van der Waals surface area contributed by atoms with Crippen molar-refractivity contribution in [2.24, 2.45) is 5.92 Å². The van der Waals surface area contributed by atoms with E-state index in [1.54, 1.807) is 0 Å². The lowest BCUT2D eigenvalue weighted by Crippen LogP contribution is -2.42. The van der Waals surface area contributed by atoms with Crippen LogP contribution in [0.4, 0.5) is 5.95 Å². The molecule has 35 heavy (non-hydrogen) atoms. The molecule has 2 aromatic heterocycles. The van der Waals surface area contributed by atoms with E-state index in [4.69, 9.17) is 4.98 Å². The minimum absolute atomic E-state index is 0.0153. The fraction of sp³-hybridized carbons (Fsp3) is 0.321. The molecule has 6 nitrogen and oxygen atoms in total. The minimum atomic E-state index is -0.103. The number of fused-ring (bicyclic) bond motifs is 2. The summed E-state index contributed by atoms with van der Waals surface area (Å²) >= 11 is 1.43. The first-order valence-electron chi connectivity index (χ1n) is 12.3. The zero-order chi connectivity index (χ0) is 23.9. The molecule has 1 aliphatic heterocycles. The number of piperidine rings is 1. The van der Waals surface area contributed by atoms with Gasteiger partial charge < -0.3 is 10.2 Å². The zero-order valence-electron chi connectivity index (χ0n) is 19.7. The monoisotopic (exact) mass is 484 g/mol. The van der Waals surface area contributed by atoms with Crippen molar-refractivity contribution < 1.29 is 4.79 Å². The lowest BCUT2D eigenvalue weighted by Gasteiger charge is -2.32. The zero-order valence-corrected chi connectivity index (χ0v) is 20.5. The van der Waals surface area contributed by atoms with Gasteiger partial charge in [0.15, 0.2) is 0 Å². The molecule has 1 unspecified atom stereocenters. The van der Waals surface area contributed by atoms with Gasteiger partial charge in [0.2, 0.25) is 11.9 Å². The van der Waals surface area contributed by atoms with Crippen molar-refractivity contribution in [3.05, 3.63) is 81.0 Å². The Labute approximate surface area is 208 Å². The molecule has 1 atom stereocenters. The highest BCUT2D eigenvalue weighted by molar-refractivity contribution is 7.17. The molecule has 0 spiro atoms. The number of aromatic nitrogens is 2. The van der Waals surface area contributed by atoms with Crippen molar-refractivity contribution in [1.82, 2.24) is 15.3 Å². The van der Waals surface area contributed by atoms with E-state index in [0.717, 1.165) is 42.3 Å². The number of benzene rings is 2. The fourth-order valence-electron chi connectivity index (χ4n) is 5.43. The largest absolute Gasteiger partial charge is 0.349 e. The molecule has 1 saturated heterocycles. The maximum Gasteiger partial charge on any atom is 0.270 e. The van der Waals surface area contributed by atoms with Crippen molar-refractivity contribution in [1.29, 1.82) is 0 Å². The summed E-state index contributed by atoms with van der Waals surface area (Å²) in [6.07, 6.45) is 3.49. The number of hydrogen-bond donors (Lipinski definition) is 2. The lowest BCUT2D eigenvalue weighted by molar-refractivity contribution is -0.126. The first kappa shape index (κ1) is 22.0. The number of nitrogens with zero attached hydrogens (tertiary/aromatic N) is 2. The Morgan fingerprint density at radius 1 is 1.11 bits per heavy atom. The Balaban J connectivity index is 1.17. The summed E-state index contributed by atoms with van der Waals surface area (Å²) in [5, 5.41) is 5.31. The normalized spacial score (nSPS) is 18.1. The summed E-state index contributed by atoms with van der Waals surface area (Å²) in [5.74, 6) is 0.722. The van der Waals surface area contributed by atoms with E-state index in [2.05, 4.69) is 58.5 Å². The van der Waals surface area contributed by atoms with Crippen molar-refractivity contribution in [3.8, 4) is 11.1 Å². The van der Waals surface area contributed by atoms with Crippen LogP contribution >= 0.6 is 11.3 Å². The van der Waals surface area contributed by atoms with Crippen LogP contribution in [0, 0.1) is 12.8 Å². The van der Waals surface area contributed by atoms with Gasteiger partial charge in [-0.1, -0.05) is 54.1 Å². The van der Waals surface area contributed by atoms with Crippen LogP contribution in [0.15, 0.2) is 58.7 Å². The molecule has 2 aliphatic rings. The molecule has 178 valence electrons. The summed E-state index contributed by atoms with van der Waals surface area (Å²) in [6, 6.07) is 16.8. The summed E-state index contributed by atoms with van der Waals surface area (Å²) in [6.45, 7) is 3.45. The molecule has 6 rings (SSSR count). The van der Waals surface area contributed by atoms with Crippen LogP contribution in [0.3, 0.4) is 0 Å². The smallest absolute Gasteiger partial charge is 0.270 e. The number of aromatic amines is 1. The molecule has 4 aromatic rings. The highest BCUT2D eigenvalue weighted by Gasteiger charge is 2.30. The number of carbonyl (C=O) groups excluding carboxylic acids is 1. The number of nitrogens with one attached hydrogen (secondary N) is 2. The SMILES string of the molecule is Cc1cccc(-c2csc3c(=O)[nH]c(N4CCC(C(=O)NC5CCc6ccccc65)CC4)nc23)c1. The highest BCUT2D eigenvalue weighted by atomic mass is 32.1. The van der Waals surface area contributed by atoms with Gasteiger partial charge in [0, 0.05) is 30.0 Å². The molecule has 0 radical (unpaired) electrons. The number of carbonyl (C=O) groups is 1. The Hall–Kier alpha value is -3.45. The van der Waals surface area contributed by atoms with Gasteiger partial charge in [-0.15, -0.1) is 11.3 Å². The standard InChI is InChI=1S/C28H28N4O2S/c1-17-5-4-7-20(15-17)22-16-35-25-24(22)30-28(31-27(25)34)32-13-11-19(12-14-32)26(33)29-23-10-9-18-6-2-3-8-21(18)23/h2-8,15-16,19,23H,9-14H2,1H3,(H,29,33)(H,30,31,34). The van der Waals surface area contributed by atoms with Crippen LogP contribution in [-0.2, 0) is 11.2 Å². The van der Waals surface area contributed by atoms with E-state index >= 15 is 0 Å². The third-order valence-corrected chi connectivity index (χ3v) is 8.33. The predicted octanol–water partition coefficient (Wildman–Crippen LogP) is 4.98. The molecule has 1 amide bonds. The number of H-pyrrole nitrogens is 1. The highest BCUT2D eigenvalue weighted by Crippen LogP contribution is 2.34. The molecule has 1 aliphatic carbocycles. The number of amides is 1. The average molecular weight is 485 g/mol. The number of anilines is 1. The Morgan fingerprint density at radius 3 is 2.77 bits per heavy atom. The third kappa shape index (κ3) is 4.14. The second kappa shape index (κ2) is 8.96. The second-order valence-corrected chi connectivity index (χ2v) is 10.5. The Morgan fingerprint density at radius 2 is 1.94 bits per heavy atom. The van der Waals surface area contributed by atoms with Crippen molar-refractivity contribution in [2.75, 3.05) is 18.0 Å². The van der Waals surface area contributed by atoms with Gasteiger partial charge in [0.05, 0.1) is 11.6 Å². The first-order valence-corrected chi connectivity index (χ1v) is 13.2. The second-order valence-electron chi connectivity index (χ2n) is 9.65. The van der Waals surface area contributed by atoms with Crippen LogP contribution < -0.4 is 15.8 Å². The molecular formula is C28H28N4O2S. The van der Waals surface area contributed by atoms with Crippen molar-refractivity contribution >= 4 is 33.4 Å². The van der Waals surface area contributed by atoms with Gasteiger partial charge in [-0.25, -0.2) is 4.98 Å². The van der Waals surface area contributed by atoms with Gasteiger partial charge in [-0.2, -0.15) is 0 Å². The van der Waals surface area contributed by atoms with E-state index in [9.17, 15) is 9.59 Å². The maximum absolute atomic E-state index is 13.0. The molecule has 1 fully saturated rings. The number of thiophene rings is 1. The minimum Gasteiger partial charge on any atom is -0.349 e. The van der Waals surface area contributed by atoms with Crippen molar-refractivity contribution in [2.45, 2.75) is 38.6 Å². The van der Waals surface area contributed by atoms with Gasteiger partial charge in [0.1, 0.15) is 4.70 Å². The number of hydrogen-bond acceptors (Lipinski definition) is 5. The van der Waals surface area contributed by atoms with E-state index in [0.29, 0.717) is 23.7 Å². The lowest BCUT2D eigenvalue weighted by atomic mass is 9.95. The maximum atomic E-state index is 13.0. The van der Waals surface area contributed by atoms with Crippen LogP contribution in [0.1, 0.15) is 42.0 Å². The van der Waals surface area contributed by atoms with Gasteiger partial charge >= 0.3 is 0 Å². The van der Waals surface area contributed by atoms with Crippen LogP contribution in [-0.4, -0.2) is 29.0 Å². The van der Waals surface area contributed by atoms with Crippen LogP contribution in [0.5, 0.6) is 0 Å². The molecule has 2 aromatic carbocycles. The average Bonchev–Trinajstić information content (AvgIpc) is 3.49. The van der Waals surface area contributed by atoms with Crippen molar-refractivity contribution in [3.63, 3.8) is 0 Å². The quantitative estimate of drug-likeness (QED) is 0.428. The number of aryl methyl sites for hydroxylation is 2. The van der Waals surface area contributed by atoms with E-state index in [1.165, 1.54) is 28.0 Å². The molecule has 3 heterocycles. The molecule has 2 N–H and O–H groups in total. The predicted molar refractivity (Wildman–Crippen MR) is 141 cm³/mol.